The van der Waals surface area contributed by atoms with Crippen molar-refractivity contribution in [2.24, 2.45) is 0 Å². The number of hydrogen-bond donors (Lipinski definition) is 3. The molecule has 4 nitrogen and oxygen atoms in total. The molecule has 0 aliphatic carbocycles. The van der Waals surface area contributed by atoms with Crippen LogP contribution >= 0.6 is 0 Å². The van der Waals surface area contributed by atoms with Gasteiger partial charge in [-0.1, -0.05) is 18.2 Å². The van der Waals surface area contributed by atoms with Crippen molar-refractivity contribution in [2.45, 2.75) is 12.0 Å². The van der Waals surface area contributed by atoms with E-state index in [0.29, 0.717) is 0 Å². The Morgan fingerprint density at radius 3 is 2.93 bits per heavy atom. The molecule has 4 heteroatoms. The highest BCUT2D eigenvalue weighted by atomic mass is 16.3. The smallest absolute Gasteiger partial charge is 0.233 e. The fourth-order valence-corrected chi connectivity index (χ4v) is 2.00. The lowest BCUT2D eigenvalue weighted by Crippen LogP contribution is -2.38. The maximum absolute atomic E-state index is 11.7. The number of nitrogens with one attached hydrogen (secondary N) is 2. The Hall–Kier alpha value is -1.39. The van der Waals surface area contributed by atoms with Gasteiger partial charge in [0.2, 0.25) is 5.91 Å². The molecule has 15 heavy (non-hydrogen) atoms. The summed E-state index contributed by atoms with van der Waals surface area (Å²) >= 11 is 0. The molecule has 0 radical (unpaired) electrons. The second-order valence-corrected chi connectivity index (χ2v) is 3.63. The van der Waals surface area contributed by atoms with Gasteiger partial charge in [0.25, 0.3) is 0 Å². The van der Waals surface area contributed by atoms with Crippen LogP contribution < -0.4 is 10.6 Å². The van der Waals surface area contributed by atoms with Crippen LogP contribution in [-0.2, 0) is 4.79 Å². The molecule has 2 unspecified atom stereocenters. The van der Waals surface area contributed by atoms with Crippen LogP contribution in [0.4, 0.5) is 5.69 Å². The first kappa shape index (κ1) is 10.1. The Morgan fingerprint density at radius 1 is 1.53 bits per heavy atom. The molecule has 1 aromatic rings. The SMILES string of the molecule is CNC(CO)C1C(=O)Nc2ccccc21. The molecular weight excluding hydrogens is 192 g/mol. The molecule has 1 amide bonds. The number of aliphatic hydroxyl groups is 1. The maximum Gasteiger partial charge on any atom is 0.233 e. The van der Waals surface area contributed by atoms with Crippen LogP contribution in [0.1, 0.15) is 11.5 Å². The lowest BCUT2D eigenvalue weighted by atomic mass is 9.93. The van der Waals surface area contributed by atoms with E-state index in [1.54, 1.807) is 7.05 Å². The molecule has 0 saturated heterocycles. The van der Waals surface area contributed by atoms with E-state index in [1.807, 2.05) is 24.3 Å². The Bertz CT molecular complexity index is 375. The van der Waals surface area contributed by atoms with E-state index in [9.17, 15) is 9.90 Å². The van der Waals surface area contributed by atoms with Gasteiger partial charge in [-0.2, -0.15) is 0 Å². The first-order chi connectivity index (χ1) is 7.27. The third kappa shape index (κ3) is 1.62. The minimum Gasteiger partial charge on any atom is -0.395 e. The van der Waals surface area contributed by atoms with Crippen LogP contribution in [0.3, 0.4) is 0 Å². The minimum absolute atomic E-state index is 0.0513. The van der Waals surface area contributed by atoms with Crippen LogP contribution in [0, 0.1) is 0 Å². The highest BCUT2D eigenvalue weighted by Gasteiger charge is 2.35. The van der Waals surface area contributed by atoms with Crippen LogP contribution in [0.5, 0.6) is 0 Å². The molecular formula is C11H14N2O2. The molecule has 0 saturated carbocycles. The van der Waals surface area contributed by atoms with Gasteiger partial charge < -0.3 is 15.7 Å². The normalized spacial score (nSPS) is 20.9. The molecule has 2 rings (SSSR count). The van der Waals surface area contributed by atoms with Gasteiger partial charge >= 0.3 is 0 Å². The molecule has 3 N–H and O–H groups in total. The van der Waals surface area contributed by atoms with Crippen molar-refractivity contribution in [3.05, 3.63) is 29.8 Å². The monoisotopic (exact) mass is 206 g/mol. The highest BCUT2D eigenvalue weighted by molar-refractivity contribution is 6.03. The maximum atomic E-state index is 11.7. The summed E-state index contributed by atoms with van der Waals surface area (Å²) < 4.78 is 0. The largest absolute Gasteiger partial charge is 0.395 e. The first-order valence-electron chi connectivity index (χ1n) is 4.96. The number of fused-ring (bicyclic) bond motifs is 1. The van der Waals surface area contributed by atoms with Crippen molar-refractivity contribution >= 4 is 11.6 Å². The van der Waals surface area contributed by atoms with E-state index in [1.165, 1.54) is 0 Å². The minimum atomic E-state index is -0.295. The molecule has 0 fully saturated rings. The fraction of sp³-hybridized carbons (Fsp3) is 0.364. The Kier molecular flexibility index (Phi) is 2.70. The van der Waals surface area contributed by atoms with Crippen LogP contribution in [-0.4, -0.2) is 30.7 Å². The topological polar surface area (TPSA) is 61.4 Å². The summed E-state index contributed by atoms with van der Waals surface area (Å²) in [6.45, 7) is -0.0527. The number of benzene rings is 1. The van der Waals surface area contributed by atoms with Gasteiger partial charge in [0.05, 0.1) is 12.5 Å². The molecule has 1 heterocycles. The third-order valence-electron chi connectivity index (χ3n) is 2.81. The fourth-order valence-electron chi connectivity index (χ4n) is 2.00. The van der Waals surface area contributed by atoms with Gasteiger partial charge in [-0.25, -0.2) is 0 Å². The average molecular weight is 206 g/mol. The van der Waals surface area contributed by atoms with Crippen LogP contribution in [0.2, 0.25) is 0 Å². The van der Waals surface area contributed by atoms with Gasteiger partial charge in [-0.15, -0.1) is 0 Å². The zero-order valence-electron chi connectivity index (χ0n) is 8.53. The number of anilines is 1. The second kappa shape index (κ2) is 4.00. The first-order valence-corrected chi connectivity index (χ1v) is 4.96. The summed E-state index contributed by atoms with van der Waals surface area (Å²) in [6, 6.07) is 7.34. The highest BCUT2D eigenvalue weighted by Crippen LogP contribution is 2.34. The predicted octanol–water partition coefficient (Wildman–Crippen LogP) is 0.303. The summed E-state index contributed by atoms with van der Waals surface area (Å²) in [5.74, 6) is -0.346. The summed E-state index contributed by atoms with van der Waals surface area (Å²) in [5, 5.41) is 14.9. The molecule has 1 aliphatic rings. The van der Waals surface area contributed by atoms with E-state index in [2.05, 4.69) is 10.6 Å². The number of carbonyl (C=O) groups excluding carboxylic acids is 1. The van der Waals surface area contributed by atoms with Gasteiger partial charge in [-0.05, 0) is 18.7 Å². The van der Waals surface area contributed by atoms with Crippen molar-refractivity contribution in [3.8, 4) is 0 Å². The predicted molar refractivity (Wildman–Crippen MR) is 57.7 cm³/mol. The zero-order chi connectivity index (χ0) is 10.8. The second-order valence-electron chi connectivity index (χ2n) is 3.63. The molecule has 0 bridgehead atoms. The number of para-hydroxylation sites is 1. The lowest BCUT2D eigenvalue weighted by Gasteiger charge is -2.19. The Labute approximate surface area is 88.3 Å². The average Bonchev–Trinajstić information content (AvgIpc) is 2.58. The van der Waals surface area contributed by atoms with Crippen molar-refractivity contribution in [2.75, 3.05) is 19.0 Å². The van der Waals surface area contributed by atoms with Crippen LogP contribution in [0.15, 0.2) is 24.3 Å². The van der Waals surface area contributed by atoms with Crippen molar-refractivity contribution < 1.29 is 9.90 Å². The van der Waals surface area contributed by atoms with Gasteiger partial charge in [0, 0.05) is 11.7 Å². The summed E-state index contributed by atoms with van der Waals surface area (Å²) in [5.41, 5.74) is 1.80. The number of carbonyl (C=O) groups is 1. The Balaban J connectivity index is 2.37. The van der Waals surface area contributed by atoms with E-state index in [0.717, 1.165) is 11.3 Å². The van der Waals surface area contributed by atoms with E-state index in [-0.39, 0.29) is 24.5 Å². The number of likely N-dealkylation sites (N-methyl/N-ethyl adjacent to an activating group) is 1. The van der Waals surface area contributed by atoms with Crippen molar-refractivity contribution in [1.82, 2.24) is 5.32 Å². The summed E-state index contributed by atoms with van der Waals surface area (Å²) in [6.07, 6.45) is 0. The summed E-state index contributed by atoms with van der Waals surface area (Å²) in [4.78, 5) is 11.7. The molecule has 0 aromatic heterocycles. The van der Waals surface area contributed by atoms with E-state index < -0.39 is 0 Å². The van der Waals surface area contributed by atoms with E-state index >= 15 is 0 Å². The van der Waals surface area contributed by atoms with E-state index in [4.69, 9.17) is 0 Å². The third-order valence-corrected chi connectivity index (χ3v) is 2.81. The number of amides is 1. The van der Waals surface area contributed by atoms with Gasteiger partial charge in [-0.3, -0.25) is 4.79 Å². The van der Waals surface area contributed by atoms with Crippen LogP contribution in [0.25, 0.3) is 0 Å². The molecule has 1 aliphatic heterocycles. The quantitative estimate of drug-likeness (QED) is 0.666. The molecule has 2 atom stereocenters. The molecule has 1 aromatic carbocycles. The molecule has 80 valence electrons. The Morgan fingerprint density at radius 2 is 2.27 bits per heavy atom. The van der Waals surface area contributed by atoms with Crippen molar-refractivity contribution in [3.63, 3.8) is 0 Å². The number of aliphatic hydroxyl groups excluding tert-OH is 1. The zero-order valence-corrected chi connectivity index (χ0v) is 8.53. The standard InChI is InChI=1S/C11H14N2O2/c1-12-9(6-14)10-7-4-2-3-5-8(7)13-11(10)15/h2-5,9-10,12,14H,6H2,1H3,(H,13,15). The number of hydrogen-bond acceptors (Lipinski definition) is 3. The van der Waals surface area contributed by atoms with Gasteiger partial charge in [0.1, 0.15) is 0 Å². The number of rotatable bonds is 3. The lowest BCUT2D eigenvalue weighted by molar-refractivity contribution is -0.117. The summed E-state index contributed by atoms with van der Waals surface area (Å²) in [7, 11) is 1.75. The van der Waals surface area contributed by atoms with Gasteiger partial charge in [0.15, 0.2) is 0 Å². The molecule has 0 spiro atoms. The van der Waals surface area contributed by atoms with Crippen molar-refractivity contribution in [1.29, 1.82) is 0 Å².